The van der Waals surface area contributed by atoms with Crippen LogP contribution in [0.2, 0.25) is 5.02 Å². The number of anilines is 1. The zero-order valence-corrected chi connectivity index (χ0v) is 15.8. The molecule has 0 aromatic heterocycles. The molecule has 0 spiro atoms. The fourth-order valence-corrected chi connectivity index (χ4v) is 4.76. The van der Waals surface area contributed by atoms with Crippen molar-refractivity contribution in [1.29, 1.82) is 0 Å². The second-order valence-corrected chi connectivity index (χ2v) is 9.51. The number of rotatable bonds is 4. The van der Waals surface area contributed by atoms with Gasteiger partial charge in [0.15, 0.2) is 0 Å². The van der Waals surface area contributed by atoms with Gasteiger partial charge in [-0.1, -0.05) is 38.4 Å². The quantitative estimate of drug-likeness (QED) is 0.813. The lowest BCUT2D eigenvalue weighted by atomic mass is 9.74. The van der Waals surface area contributed by atoms with Crippen molar-refractivity contribution in [3.63, 3.8) is 0 Å². The van der Waals surface area contributed by atoms with Crippen LogP contribution in [0.1, 0.15) is 33.6 Å². The molecule has 8 heteroatoms. The Balaban J connectivity index is 2.36. The first-order valence-corrected chi connectivity index (χ1v) is 9.76. The predicted molar refractivity (Wildman–Crippen MR) is 95.6 cm³/mol. The van der Waals surface area contributed by atoms with Crippen molar-refractivity contribution in [2.24, 2.45) is 11.3 Å². The van der Waals surface area contributed by atoms with Crippen molar-refractivity contribution >= 4 is 33.3 Å². The van der Waals surface area contributed by atoms with Crippen LogP contribution in [0, 0.1) is 17.2 Å². The molecular weight excluding hydrogens is 369 g/mol. The number of sulfonamides is 1. The van der Waals surface area contributed by atoms with E-state index in [0.29, 0.717) is 6.42 Å². The fraction of sp³-hybridized carbons (Fsp3) is 0.471. The minimum Gasteiger partial charge on any atom is -0.478 e. The summed E-state index contributed by atoms with van der Waals surface area (Å²) in [5, 5.41) is 8.20. The van der Waals surface area contributed by atoms with E-state index < -0.39 is 27.1 Å². The van der Waals surface area contributed by atoms with Crippen LogP contribution in [0.3, 0.4) is 0 Å². The molecule has 0 fully saturated rings. The van der Waals surface area contributed by atoms with E-state index in [0.717, 1.165) is 12.1 Å². The normalized spacial score (nSPS) is 21.6. The van der Waals surface area contributed by atoms with Gasteiger partial charge < -0.3 is 5.11 Å². The number of hydrogen-bond acceptors (Lipinski definition) is 3. The number of aliphatic carboxylic acids is 1. The van der Waals surface area contributed by atoms with Crippen LogP contribution < -0.4 is 4.72 Å². The molecular formula is C17H21ClFNO4S. The molecule has 0 bridgehead atoms. The Kier molecular flexibility index (Phi) is 5.49. The molecule has 1 aromatic carbocycles. The van der Waals surface area contributed by atoms with Gasteiger partial charge in [0.1, 0.15) is 11.1 Å². The molecule has 0 radical (unpaired) electrons. The van der Waals surface area contributed by atoms with E-state index in [1.165, 1.54) is 6.07 Å². The van der Waals surface area contributed by atoms with E-state index in [4.69, 9.17) is 11.6 Å². The highest BCUT2D eigenvalue weighted by Crippen LogP contribution is 2.39. The largest absolute Gasteiger partial charge is 0.478 e. The van der Waals surface area contributed by atoms with Gasteiger partial charge in [-0.3, -0.25) is 4.72 Å². The monoisotopic (exact) mass is 389 g/mol. The first-order chi connectivity index (χ1) is 11.4. The Morgan fingerprint density at radius 1 is 1.32 bits per heavy atom. The van der Waals surface area contributed by atoms with Crippen molar-refractivity contribution in [3.8, 4) is 0 Å². The highest BCUT2D eigenvalue weighted by Gasteiger charge is 2.39. The zero-order chi connectivity index (χ0) is 19.0. The molecule has 0 heterocycles. The molecule has 2 N–H and O–H groups in total. The maximum absolute atomic E-state index is 13.1. The summed E-state index contributed by atoms with van der Waals surface area (Å²) in [6.45, 7) is 5.96. The van der Waals surface area contributed by atoms with Crippen LogP contribution in [0.25, 0.3) is 0 Å². The maximum Gasteiger partial charge on any atom is 0.332 e. The van der Waals surface area contributed by atoms with Crippen LogP contribution in [0.4, 0.5) is 10.1 Å². The van der Waals surface area contributed by atoms with Crippen molar-refractivity contribution in [1.82, 2.24) is 0 Å². The number of carboxylic acid groups (broad SMARTS) is 1. The van der Waals surface area contributed by atoms with Crippen molar-refractivity contribution in [2.45, 2.75) is 38.9 Å². The van der Waals surface area contributed by atoms with Gasteiger partial charge in [0, 0.05) is 0 Å². The number of carboxylic acids is 1. The predicted octanol–water partition coefficient (Wildman–Crippen LogP) is 4.06. The van der Waals surface area contributed by atoms with Gasteiger partial charge in [0.2, 0.25) is 10.0 Å². The molecule has 1 aliphatic carbocycles. The van der Waals surface area contributed by atoms with Crippen molar-refractivity contribution in [2.75, 3.05) is 4.72 Å². The second kappa shape index (κ2) is 6.96. The number of nitrogens with one attached hydrogen (secondary N) is 1. The number of benzene rings is 1. The molecule has 138 valence electrons. The van der Waals surface area contributed by atoms with Crippen LogP contribution in [0.15, 0.2) is 29.8 Å². The van der Waals surface area contributed by atoms with Crippen molar-refractivity contribution < 1.29 is 22.7 Å². The Hall–Kier alpha value is -1.60. The van der Waals surface area contributed by atoms with E-state index in [1.54, 1.807) is 6.08 Å². The van der Waals surface area contributed by atoms with Gasteiger partial charge in [-0.2, -0.15) is 0 Å². The van der Waals surface area contributed by atoms with E-state index in [-0.39, 0.29) is 34.0 Å². The minimum atomic E-state index is -4.04. The zero-order valence-electron chi connectivity index (χ0n) is 14.2. The van der Waals surface area contributed by atoms with Gasteiger partial charge in [-0.25, -0.2) is 17.6 Å². The summed E-state index contributed by atoms with van der Waals surface area (Å²) in [7, 11) is -4.04. The molecule has 5 nitrogen and oxygen atoms in total. The van der Waals surface area contributed by atoms with Gasteiger partial charge in [0.05, 0.1) is 16.3 Å². The summed E-state index contributed by atoms with van der Waals surface area (Å²) in [6.07, 6.45) is 2.29. The van der Waals surface area contributed by atoms with E-state index in [2.05, 4.69) is 4.72 Å². The molecule has 1 aromatic rings. The summed E-state index contributed by atoms with van der Waals surface area (Å²) in [4.78, 5) is 11.6. The van der Waals surface area contributed by atoms with Crippen LogP contribution >= 0.6 is 11.6 Å². The maximum atomic E-state index is 13.1. The Morgan fingerprint density at radius 2 is 1.96 bits per heavy atom. The Labute approximate surface area is 151 Å². The number of allylic oxidation sites excluding steroid dienone is 1. The molecule has 0 saturated carbocycles. The standard InChI is InChI=1S/C17H21ClFNO4S/c1-17(2,3)10-4-7-15(12(8-10)16(21)22)25(23,24)20-14-6-5-11(19)9-13(14)18/h5-6,8-10,15,20H,4,7H2,1-3H3,(H,21,22). The SMILES string of the molecule is CC(C)(C)C1C=C(C(=O)O)C(S(=O)(=O)Nc2ccc(F)cc2Cl)CC1. The number of halogens is 2. The lowest BCUT2D eigenvalue weighted by molar-refractivity contribution is -0.132. The van der Waals surface area contributed by atoms with E-state index >= 15 is 0 Å². The highest BCUT2D eigenvalue weighted by atomic mass is 35.5. The Bertz CT molecular complexity index is 814. The third kappa shape index (κ3) is 4.52. The average Bonchev–Trinajstić information content (AvgIpc) is 2.48. The summed E-state index contributed by atoms with van der Waals surface area (Å²) in [5.41, 5.74) is -0.286. The van der Waals surface area contributed by atoms with Gasteiger partial charge in [0.25, 0.3) is 0 Å². The van der Waals surface area contributed by atoms with Gasteiger partial charge in [-0.15, -0.1) is 0 Å². The highest BCUT2D eigenvalue weighted by molar-refractivity contribution is 7.93. The summed E-state index contributed by atoms with van der Waals surface area (Å²) >= 11 is 5.86. The first-order valence-electron chi connectivity index (χ1n) is 7.83. The van der Waals surface area contributed by atoms with Gasteiger partial charge >= 0.3 is 5.97 Å². The topological polar surface area (TPSA) is 83.5 Å². The molecule has 2 rings (SSSR count). The van der Waals surface area contributed by atoms with Crippen LogP contribution in [0.5, 0.6) is 0 Å². The molecule has 1 aliphatic rings. The Morgan fingerprint density at radius 3 is 2.48 bits per heavy atom. The molecule has 2 atom stereocenters. The smallest absolute Gasteiger partial charge is 0.332 e. The third-order valence-electron chi connectivity index (χ3n) is 4.38. The average molecular weight is 390 g/mol. The second-order valence-electron chi connectivity index (χ2n) is 7.24. The minimum absolute atomic E-state index is 0.0192. The first kappa shape index (κ1) is 19.7. The number of carbonyl (C=O) groups is 1. The van der Waals surface area contributed by atoms with Crippen LogP contribution in [-0.2, 0) is 14.8 Å². The van der Waals surface area contributed by atoms with Crippen LogP contribution in [-0.4, -0.2) is 24.7 Å². The summed E-state index contributed by atoms with van der Waals surface area (Å²) < 4.78 is 40.8. The molecule has 2 unspecified atom stereocenters. The summed E-state index contributed by atoms with van der Waals surface area (Å²) in [6, 6.07) is 3.28. The van der Waals surface area contributed by atoms with E-state index in [1.807, 2.05) is 20.8 Å². The van der Waals surface area contributed by atoms with Crippen molar-refractivity contribution in [3.05, 3.63) is 40.7 Å². The number of hydrogen-bond donors (Lipinski definition) is 2. The molecule has 0 aliphatic heterocycles. The molecule has 0 amide bonds. The van der Waals surface area contributed by atoms with E-state index in [9.17, 15) is 22.7 Å². The fourth-order valence-electron chi connectivity index (χ4n) is 2.90. The van der Waals surface area contributed by atoms with Gasteiger partial charge in [-0.05, 0) is 42.4 Å². The third-order valence-corrected chi connectivity index (χ3v) is 6.44. The molecule has 25 heavy (non-hydrogen) atoms. The molecule has 0 saturated heterocycles. The lowest BCUT2D eigenvalue weighted by Gasteiger charge is -2.34. The lowest BCUT2D eigenvalue weighted by Crippen LogP contribution is -2.37. The summed E-state index contributed by atoms with van der Waals surface area (Å²) in [5.74, 6) is -1.88.